The molecule has 3 atom stereocenters. The number of hydrogen-bond acceptors (Lipinski definition) is 10. The van der Waals surface area contributed by atoms with Gasteiger partial charge in [0.15, 0.2) is 5.76 Å². The fourth-order valence-electron chi connectivity index (χ4n) is 5.45. The van der Waals surface area contributed by atoms with E-state index in [1.807, 2.05) is 37.3 Å². The van der Waals surface area contributed by atoms with Crippen LogP contribution in [0.3, 0.4) is 0 Å². The van der Waals surface area contributed by atoms with Crippen molar-refractivity contribution < 1.29 is 47.5 Å². The highest BCUT2D eigenvalue weighted by Gasteiger charge is 2.32. The van der Waals surface area contributed by atoms with E-state index in [-0.39, 0.29) is 49.3 Å². The fraction of sp³-hybridized carbons (Fsp3) is 0.421. The molecule has 0 aliphatic carbocycles. The number of carbonyl (C=O) groups excluding carboxylic acids is 6. The van der Waals surface area contributed by atoms with Crippen molar-refractivity contribution in [2.75, 3.05) is 20.9 Å². The van der Waals surface area contributed by atoms with Crippen LogP contribution < -0.4 is 21.4 Å². The lowest BCUT2D eigenvalue weighted by atomic mass is 9.84. The van der Waals surface area contributed by atoms with Crippen LogP contribution in [0.5, 0.6) is 0 Å². The van der Waals surface area contributed by atoms with Gasteiger partial charge in [0.2, 0.25) is 11.8 Å². The molecule has 2 aromatic carbocycles. The van der Waals surface area contributed by atoms with Gasteiger partial charge in [-0.2, -0.15) is 0 Å². The molecule has 3 aromatic rings. The smallest absolute Gasteiger partial charge is 0.328 e. The van der Waals surface area contributed by atoms with Gasteiger partial charge in [0.1, 0.15) is 11.8 Å². The molecule has 0 saturated heterocycles. The molecule has 1 heterocycles. The molecule has 280 valence electrons. The molecule has 0 aliphatic rings. The summed E-state index contributed by atoms with van der Waals surface area (Å²) >= 11 is 0. The van der Waals surface area contributed by atoms with E-state index in [2.05, 4.69) is 33.1 Å². The monoisotopic (exact) mass is 720 g/mol. The minimum absolute atomic E-state index is 0.00142. The topological polar surface area (TPSA) is 191 Å². The van der Waals surface area contributed by atoms with Gasteiger partial charge in [-0.1, -0.05) is 75.6 Å². The molecule has 0 spiro atoms. The van der Waals surface area contributed by atoms with Crippen LogP contribution in [0.1, 0.15) is 85.3 Å². The van der Waals surface area contributed by atoms with E-state index >= 15 is 0 Å². The van der Waals surface area contributed by atoms with Gasteiger partial charge in [-0.05, 0) is 49.1 Å². The first kappa shape index (κ1) is 40.9. The molecule has 0 bridgehead atoms. The van der Waals surface area contributed by atoms with Gasteiger partial charge >= 0.3 is 11.9 Å². The van der Waals surface area contributed by atoms with E-state index in [0.717, 1.165) is 24.8 Å². The second kappa shape index (κ2) is 21.7. The number of benzene rings is 2. The number of esters is 2. The number of hydroxylamine groups is 1. The van der Waals surface area contributed by atoms with Gasteiger partial charge in [-0.15, -0.1) is 0 Å². The Morgan fingerprint density at radius 3 is 2.13 bits per heavy atom. The molecule has 0 radical (unpaired) electrons. The second-order valence-electron chi connectivity index (χ2n) is 12.0. The van der Waals surface area contributed by atoms with Gasteiger partial charge in [-0.25, -0.2) is 10.3 Å². The Balaban J connectivity index is 1.55. The van der Waals surface area contributed by atoms with Crippen LogP contribution in [0.15, 0.2) is 71.1 Å². The molecule has 4 amide bonds. The maximum absolute atomic E-state index is 13.3. The Morgan fingerprint density at radius 2 is 1.48 bits per heavy atom. The normalized spacial score (nSPS) is 12.5. The van der Waals surface area contributed by atoms with Crippen LogP contribution in [0.2, 0.25) is 0 Å². The van der Waals surface area contributed by atoms with Crippen molar-refractivity contribution in [2.24, 2.45) is 11.8 Å². The maximum atomic E-state index is 13.3. The lowest BCUT2D eigenvalue weighted by Gasteiger charge is -2.24. The highest BCUT2D eigenvalue weighted by Crippen LogP contribution is 2.24. The lowest BCUT2D eigenvalue weighted by Crippen LogP contribution is -2.45. The number of nitrogens with one attached hydrogen (secondary N) is 4. The SMILES string of the molecule is CCCCC[C@@H](C(=O)NCNC(=O)c1ccc(-c2ccc(C(=O)N[C@@H](CCC(=O)OC)C(=O)OC)cc2)o1)[C@@H](CC)C(=O)NOCc1ccccc1. The summed E-state index contributed by atoms with van der Waals surface area (Å²) in [7, 11) is 2.41. The zero-order valence-electron chi connectivity index (χ0n) is 30.0. The average Bonchev–Trinajstić information content (AvgIpc) is 3.67. The van der Waals surface area contributed by atoms with Gasteiger partial charge in [0.25, 0.3) is 11.8 Å². The van der Waals surface area contributed by atoms with Crippen molar-refractivity contribution in [1.29, 1.82) is 0 Å². The molecule has 3 rings (SSSR count). The van der Waals surface area contributed by atoms with E-state index in [4.69, 9.17) is 14.0 Å². The predicted octanol–water partition coefficient (Wildman–Crippen LogP) is 4.45. The van der Waals surface area contributed by atoms with Gasteiger partial charge in [-0.3, -0.25) is 28.8 Å². The minimum Gasteiger partial charge on any atom is -0.469 e. The quantitative estimate of drug-likeness (QED) is 0.0529. The highest BCUT2D eigenvalue weighted by molar-refractivity contribution is 5.97. The standard InChI is InChI=1S/C38H48N4O10/c1-5-7-9-14-29(28(6-2)36(46)42-51-23-25-12-10-8-11-13-25)35(45)39-24-40-37(47)32-21-20-31(52-32)26-15-17-27(18-16-26)34(44)41-30(38(48)50-4)19-22-33(43)49-3/h8,10-13,15-18,20-21,28-30H,5-7,9,14,19,22-24H2,1-4H3,(H,39,45)(H,40,47)(H,41,44)(H,42,46)/t28-,29-,30+/m1/s1. The maximum Gasteiger partial charge on any atom is 0.328 e. The van der Waals surface area contributed by atoms with E-state index in [1.54, 1.807) is 18.2 Å². The van der Waals surface area contributed by atoms with E-state index in [1.165, 1.54) is 32.4 Å². The minimum atomic E-state index is -1.04. The number of ether oxygens (including phenoxy) is 2. The number of rotatable bonds is 21. The van der Waals surface area contributed by atoms with Gasteiger partial charge in [0, 0.05) is 23.5 Å². The number of furan rings is 1. The zero-order chi connectivity index (χ0) is 37.9. The number of methoxy groups -OCH3 is 2. The molecule has 52 heavy (non-hydrogen) atoms. The van der Waals surface area contributed by atoms with Gasteiger partial charge in [0.05, 0.1) is 33.4 Å². The fourth-order valence-corrected chi connectivity index (χ4v) is 5.45. The Labute approximate surface area is 303 Å². The van der Waals surface area contributed by atoms with E-state index in [0.29, 0.717) is 24.2 Å². The Kier molecular flexibility index (Phi) is 17.0. The summed E-state index contributed by atoms with van der Waals surface area (Å²) in [5.41, 5.74) is 4.21. The number of hydrogen-bond donors (Lipinski definition) is 4. The van der Waals surface area contributed by atoms with Crippen LogP contribution in [0, 0.1) is 11.8 Å². The van der Waals surface area contributed by atoms with Crippen LogP contribution in [-0.2, 0) is 40.1 Å². The summed E-state index contributed by atoms with van der Waals surface area (Å²) < 4.78 is 15.1. The largest absolute Gasteiger partial charge is 0.469 e. The predicted molar refractivity (Wildman–Crippen MR) is 190 cm³/mol. The highest BCUT2D eigenvalue weighted by atomic mass is 16.6. The molecule has 4 N–H and O–H groups in total. The van der Waals surface area contributed by atoms with Crippen molar-refractivity contribution in [3.05, 3.63) is 83.6 Å². The molecule has 14 heteroatoms. The number of amides is 4. The first-order chi connectivity index (χ1) is 25.1. The van der Waals surface area contributed by atoms with Crippen LogP contribution in [0.4, 0.5) is 0 Å². The average molecular weight is 721 g/mol. The van der Waals surface area contributed by atoms with Crippen molar-refractivity contribution in [3.63, 3.8) is 0 Å². The third kappa shape index (κ3) is 12.7. The molecule has 0 aliphatic heterocycles. The van der Waals surface area contributed by atoms with Crippen LogP contribution >= 0.6 is 0 Å². The molecule has 1 aromatic heterocycles. The summed E-state index contributed by atoms with van der Waals surface area (Å²) in [5, 5.41) is 7.92. The lowest BCUT2D eigenvalue weighted by molar-refractivity contribution is -0.145. The van der Waals surface area contributed by atoms with Gasteiger partial charge < -0.3 is 29.8 Å². The molecule has 0 unspecified atom stereocenters. The molecule has 14 nitrogen and oxygen atoms in total. The summed E-state index contributed by atoms with van der Waals surface area (Å²) in [6, 6.07) is 17.7. The van der Waals surface area contributed by atoms with Crippen LogP contribution in [-0.4, -0.2) is 62.5 Å². The number of carbonyl (C=O) groups is 6. The Bertz CT molecular complexity index is 1620. The number of unbranched alkanes of at least 4 members (excludes halogenated alkanes) is 2. The summed E-state index contributed by atoms with van der Waals surface area (Å²) in [6.45, 7) is 3.91. The summed E-state index contributed by atoms with van der Waals surface area (Å²) in [5.74, 6) is -3.97. The Morgan fingerprint density at radius 1 is 0.750 bits per heavy atom. The first-order valence-corrected chi connectivity index (χ1v) is 17.3. The third-order valence-electron chi connectivity index (χ3n) is 8.40. The van der Waals surface area contributed by atoms with Crippen molar-refractivity contribution in [3.8, 4) is 11.3 Å². The second-order valence-corrected chi connectivity index (χ2v) is 12.0. The van der Waals surface area contributed by atoms with Crippen LogP contribution in [0.25, 0.3) is 11.3 Å². The zero-order valence-corrected chi connectivity index (χ0v) is 30.0. The summed E-state index contributed by atoms with van der Waals surface area (Å²) in [6.07, 6.45) is 3.47. The van der Waals surface area contributed by atoms with Crippen molar-refractivity contribution in [1.82, 2.24) is 21.4 Å². The summed E-state index contributed by atoms with van der Waals surface area (Å²) in [4.78, 5) is 81.1. The molecule has 0 fully saturated rings. The first-order valence-electron chi connectivity index (χ1n) is 17.3. The molecular formula is C38H48N4O10. The molecule has 0 saturated carbocycles. The van der Waals surface area contributed by atoms with Crippen molar-refractivity contribution in [2.45, 2.75) is 71.4 Å². The van der Waals surface area contributed by atoms with E-state index in [9.17, 15) is 28.8 Å². The third-order valence-corrected chi connectivity index (χ3v) is 8.40. The molecular weight excluding hydrogens is 672 g/mol. The van der Waals surface area contributed by atoms with E-state index < -0.39 is 41.6 Å². The van der Waals surface area contributed by atoms with Crippen molar-refractivity contribution >= 4 is 35.6 Å². The Hall–Kier alpha value is -5.50.